The van der Waals surface area contributed by atoms with Crippen LogP contribution in [0.3, 0.4) is 0 Å². The molecule has 0 spiro atoms. The summed E-state index contributed by atoms with van der Waals surface area (Å²) in [5.74, 6) is 0.947. The lowest BCUT2D eigenvalue weighted by Gasteiger charge is -2.62. The molecule has 4 bridgehead atoms. The molecule has 4 rings (SSSR count). The van der Waals surface area contributed by atoms with Crippen LogP contribution in [0.1, 0.15) is 46.0 Å². The number of esters is 1. The maximum absolute atomic E-state index is 11.9. The Morgan fingerprint density at radius 2 is 1.76 bits per heavy atom. The number of hydrogen-bond acceptors (Lipinski definition) is 3. The topological polar surface area (TPSA) is 63.6 Å². The summed E-state index contributed by atoms with van der Waals surface area (Å²) >= 11 is 0. The number of carbonyl (C=O) groups is 2. The third kappa shape index (κ3) is 2.49. The minimum atomic E-state index is -1.12. The van der Waals surface area contributed by atoms with Crippen molar-refractivity contribution in [1.82, 2.24) is 0 Å². The van der Waals surface area contributed by atoms with Crippen LogP contribution in [-0.2, 0) is 14.3 Å². The number of carboxylic acids is 1. The first kappa shape index (κ1) is 14.6. The first-order chi connectivity index (χ1) is 9.90. The van der Waals surface area contributed by atoms with Gasteiger partial charge in [-0.15, -0.1) is 0 Å². The van der Waals surface area contributed by atoms with Gasteiger partial charge < -0.3 is 9.84 Å². The standard InChI is InChI=1S/C17H24O4/c1-10(2)17-8-11-5-12(9-17)7-13(6-11)16(17)21-15(20)4-3-14(18)19/h3-4,10-13,16H,5-9H2,1-2H3,(H,18,19). The fourth-order valence-electron chi connectivity index (χ4n) is 5.37. The van der Waals surface area contributed by atoms with Crippen LogP contribution in [0.25, 0.3) is 0 Å². The Kier molecular flexibility index (Phi) is 3.58. The highest BCUT2D eigenvalue weighted by Crippen LogP contribution is 2.63. The second-order valence-corrected chi connectivity index (χ2v) is 7.52. The normalized spacial score (nSPS) is 40.9. The van der Waals surface area contributed by atoms with E-state index in [0.717, 1.165) is 36.8 Å². The maximum Gasteiger partial charge on any atom is 0.331 e. The van der Waals surface area contributed by atoms with Gasteiger partial charge in [0.25, 0.3) is 0 Å². The monoisotopic (exact) mass is 292 g/mol. The van der Waals surface area contributed by atoms with Crippen LogP contribution < -0.4 is 0 Å². The maximum atomic E-state index is 11.9. The lowest BCUT2D eigenvalue weighted by atomic mass is 9.45. The van der Waals surface area contributed by atoms with E-state index in [1.807, 2.05) is 0 Å². The fraction of sp³-hybridized carbons (Fsp3) is 0.765. The zero-order valence-electron chi connectivity index (χ0n) is 12.7. The molecule has 0 heterocycles. The number of carbonyl (C=O) groups excluding carboxylic acids is 1. The molecule has 4 nitrogen and oxygen atoms in total. The zero-order valence-corrected chi connectivity index (χ0v) is 12.7. The molecule has 1 N–H and O–H groups in total. The van der Waals surface area contributed by atoms with Crippen LogP contribution in [0.2, 0.25) is 0 Å². The first-order valence-electron chi connectivity index (χ1n) is 8.02. The van der Waals surface area contributed by atoms with E-state index in [9.17, 15) is 9.59 Å². The molecule has 3 atom stereocenters. The van der Waals surface area contributed by atoms with Crippen molar-refractivity contribution in [2.45, 2.75) is 52.1 Å². The van der Waals surface area contributed by atoms with Crippen LogP contribution in [0.5, 0.6) is 0 Å². The zero-order chi connectivity index (χ0) is 15.2. The van der Waals surface area contributed by atoms with E-state index in [4.69, 9.17) is 9.84 Å². The number of ether oxygens (including phenoxy) is 1. The van der Waals surface area contributed by atoms with Gasteiger partial charge in [-0.1, -0.05) is 13.8 Å². The second kappa shape index (κ2) is 5.15. The van der Waals surface area contributed by atoms with Crippen LogP contribution in [0.4, 0.5) is 0 Å². The van der Waals surface area contributed by atoms with Crippen molar-refractivity contribution in [3.8, 4) is 0 Å². The van der Waals surface area contributed by atoms with Gasteiger partial charge in [0.2, 0.25) is 0 Å². The Morgan fingerprint density at radius 3 is 2.29 bits per heavy atom. The number of hydrogen-bond donors (Lipinski definition) is 1. The van der Waals surface area contributed by atoms with Crippen molar-refractivity contribution in [1.29, 1.82) is 0 Å². The highest BCUT2D eigenvalue weighted by Gasteiger charge is 2.59. The summed E-state index contributed by atoms with van der Waals surface area (Å²) in [4.78, 5) is 22.4. The molecule has 0 amide bonds. The quantitative estimate of drug-likeness (QED) is 0.639. The molecule has 0 aliphatic heterocycles. The van der Waals surface area contributed by atoms with Crippen LogP contribution >= 0.6 is 0 Å². The van der Waals surface area contributed by atoms with Crippen molar-refractivity contribution in [3.05, 3.63) is 12.2 Å². The molecule has 0 radical (unpaired) electrons. The van der Waals surface area contributed by atoms with Crippen LogP contribution in [0.15, 0.2) is 12.2 Å². The SMILES string of the molecule is CC(C)C12CC3CC(CC(C3)C1OC(=O)C=CC(=O)O)C2. The van der Waals surface area contributed by atoms with Crippen molar-refractivity contribution in [3.63, 3.8) is 0 Å². The Balaban J connectivity index is 1.80. The third-order valence-electron chi connectivity index (χ3n) is 6.03. The lowest BCUT2D eigenvalue weighted by molar-refractivity contribution is -0.200. The Labute approximate surface area is 125 Å². The summed E-state index contributed by atoms with van der Waals surface area (Å²) in [5, 5.41) is 8.61. The summed E-state index contributed by atoms with van der Waals surface area (Å²) in [5.41, 5.74) is 0.113. The molecule has 4 fully saturated rings. The molecule has 0 aromatic carbocycles. The van der Waals surface area contributed by atoms with Crippen LogP contribution in [0, 0.1) is 29.1 Å². The summed E-state index contributed by atoms with van der Waals surface area (Å²) in [6.45, 7) is 4.47. The minimum Gasteiger partial charge on any atom is -0.478 e. The van der Waals surface area contributed by atoms with Crippen molar-refractivity contribution < 1.29 is 19.4 Å². The molecule has 4 aliphatic rings. The average Bonchev–Trinajstić information content (AvgIpc) is 2.39. The highest BCUT2D eigenvalue weighted by atomic mass is 16.5. The smallest absolute Gasteiger partial charge is 0.331 e. The van der Waals surface area contributed by atoms with E-state index in [1.54, 1.807) is 0 Å². The van der Waals surface area contributed by atoms with E-state index >= 15 is 0 Å². The van der Waals surface area contributed by atoms with Gasteiger partial charge in [0, 0.05) is 17.6 Å². The largest absolute Gasteiger partial charge is 0.478 e. The third-order valence-corrected chi connectivity index (χ3v) is 6.03. The molecular weight excluding hydrogens is 268 g/mol. The van der Waals surface area contributed by atoms with Crippen molar-refractivity contribution in [2.24, 2.45) is 29.1 Å². The van der Waals surface area contributed by atoms with E-state index in [-0.39, 0.29) is 11.5 Å². The highest BCUT2D eigenvalue weighted by molar-refractivity contribution is 5.90. The summed E-state index contributed by atoms with van der Waals surface area (Å²) in [6, 6.07) is 0. The molecule has 4 heteroatoms. The number of aliphatic carboxylic acids is 1. The average molecular weight is 292 g/mol. The van der Waals surface area contributed by atoms with E-state index in [1.165, 1.54) is 19.3 Å². The predicted octanol–water partition coefficient (Wildman–Crippen LogP) is 3.02. The fourth-order valence-corrected chi connectivity index (χ4v) is 5.37. The summed E-state index contributed by atoms with van der Waals surface area (Å²) in [6.07, 6.45) is 7.90. The van der Waals surface area contributed by atoms with Crippen molar-refractivity contribution in [2.75, 3.05) is 0 Å². The minimum absolute atomic E-state index is 0.0313. The Hall–Kier alpha value is -1.32. The lowest BCUT2D eigenvalue weighted by Crippen LogP contribution is -2.59. The Morgan fingerprint density at radius 1 is 1.14 bits per heavy atom. The van der Waals surface area contributed by atoms with Gasteiger partial charge in [-0.3, -0.25) is 0 Å². The number of carboxylic acid groups (broad SMARTS) is 1. The van der Waals surface area contributed by atoms with Gasteiger partial charge in [0.05, 0.1) is 0 Å². The van der Waals surface area contributed by atoms with Gasteiger partial charge in [0.1, 0.15) is 6.10 Å². The van der Waals surface area contributed by atoms with Crippen molar-refractivity contribution >= 4 is 11.9 Å². The molecule has 4 saturated carbocycles. The van der Waals surface area contributed by atoms with Gasteiger partial charge in [0.15, 0.2) is 0 Å². The molecule has 116 valence electrons. The van der Waals surface area contributed by atoms with E-state index in [2.05, 4.69) is 13.8 Å². The molecule has 0 aromatic rings. The molecular formula is C17H24O4. The molecule has 0 aromatic heterocycles. The van der Waals surface area contributed by atoms with Gasteiger partial charge in [-0.25, -0.2) is 9.59 Å². The second-order valence-electron chi connectivity index (χ2n) is 7.52. The van der Waals surface area contributed by atoms with E-state index in [0.29, 0.717) is 11.8 Å². The predicted molar refractivity (Wildman–Crippen MR) is 77.5 cm³/mol. The van der Waals surface area contributed by atoms with Gasteiger partial charge in [-0.05, 0) is 55.8 Å². The summed E-state index contributed by atoms with van der Waals surface area (Å²) in [7, 11) is 0. The number of rotatable bonds is 4. The molecule has 21 heavy (non-hydrogen) atoms. The van der Waals surface area contributed by atoms with Gasteiger partial charge in [-0.2, -0.15) is 0 Å². The molecule has 4 aliphatic carbocycles. The summed E-state index contributed by atoms with van der Waals surface area (Å²) < 4.78 is 5.75. The van der Waals surface area contributed by atoms with E-state index < -0.39 is 11.9 Å². The molecule has 0 saturated heterocycles. The first-order valence-corrected chi connectivity index (χ1v) is 8.02. The molecule has 3 unspecified atom stereocenters. The van der Waals surface area contributed by atoms with Gasteiger partial charge >= 0.3 is 11.9 Å². The Bertz CT molecular complexity index is 465. The van der Waals surface area contributed by atoms with Crippen LogP contribution in [-0.4, -0.2) is 23.1 Å².